The van der Waals surface area contributed by atoms with Crippen molar-refractivity contribution in [2.75, 3.05) is 31.8 Å². The van der Waals surface area contributed by atoms with Gasteiger partial charge < -0.3 is 14.6 Å². The van der Waals surface area contributed by atoms with E-state index in [2.05, 4.69) is 4.90 Å². The van der Waals surface area contributed by atoms with Crippen molar-refractivity contribution in [3.05, 3.63) is 59.2 Å². The van der Waals surface area contributed by atoms with E-state index in [1.54, 1.807) is 7.11 Å². The van der Waals surface area contributed by atoms with Gasteiger partial charge in [0.05, 0.1) is 18.6 Å². The van der Waals surface area contributed by atoms with Gasteiger partial charge in [0.1, 0.15) is 24.2 Å². The lowest BCUT2D eigenvalue weighted by atomic mass is 10.1. The van der Waals surface area contributed by atoms with Crippen molar-refractivity contribution < 1.29 is 23.0 Å². The Hall–Kier alpha value is -2.09. The minimum absolute atomic E-state index is 0.103. The van der Waals surface area contributed by atoms with Crippen molar-refractivity contribution >= 4 is 9.84 Å². The van der Waals surface area contributed by atoms with Crippen molar-refractivity contribution in [1.82, 2.24) is 4.90 Å². The van der Waals surface area contributed by atoms with Gasteiger partial charge in [-0.25, -0.2) is 8.42 Å². The van der Waals surface area contributed by atoms with Gasteiger partial charge in [-0.1, -0.05) is 18.2 Å². The lowest BCUT2D eigenvalue weighted by molar-refractivity contribution is 0.0524. The van der Waals surface area contributed by atoms with Gasteiger partial charge in [0.2, 0.25) is 0 Å². The first-order chi connectivity index (χ1) is 14.3. The molecule has 3 rings (SSSR count). The lowest BCUT2D eigenvalue weighted by Crippen LogP contribution is -2.42. The summed E-state index contributed by atoms with van der Waals surface area (Å²) in [4.78, 5) is 2.06. The van der Waals surface area contributed by atoms with E-state index >= 15 is 0 Å². The number of hydrogen-bond acceptors (Lipinski definition) is 6. The highest BCUT2D eigenvalue weighted by molar-refractivity contribution is 7.91. The monoisotopic (exact) mass is 433 g/mol. The summed E-state index contributed by atoms with van der Waals surface area (Å²) in [7, 11) is -1.40. The van der Waals surface area contributed by atoms with Gasteiger partial charge in [0.25, 0.3) is 0 Å². The molecule has 1 aliphatic rings. The maximum Gasteiger partial charge on any atom is 0.151 e. The van der Waals surface area contributed by atoms with Crippen LogP contribution in [0.3, 0.4) is 0 Å². The van der Waals surface area contributed by atoms with Crippen LogP contribution in [-0.4, -0.2) is 62.3 Å². The zero-order valence-corrected chi connectivity index (χ0v) is 18.7. The molecule has 0 bridgehead atoms. The number of aliphatic hydroxyl groups is 1. The molecule has 1 fully saturated rings. The number of aryl methyl sites for hydroxylation is 2. The van der Waals surface area contributed by atoms with Crippen LogP contribution < -0.4 is 9.47 Å². The zero-order valence-electron chi connectivity index (χ0n) is 17.9. The van der Waals surface area contributed by atoms with E-state index < -0.39 is 15.9 Å². The summed E-state index contributed by atoms with van der Waals surface area (Å²) >= 11 is 0. The summed E-state index contributed by atoms with van der Waals surface area (Å²) in [5.74, 6) is 1.83. The van der Waals surface area contributed by atoms with Crippen LogP contribution in [0.15, 0.2) is 42.5 Å². The first kappa shape index (κ1) is 22.6. The van der Waals surface area contributed by atoms with E-state index in [0.29, 0.717) is 19.5 Å². The molecule has 7 heteroatoms. The summed E-state index contributed by atoms with van der Waals surface area (Å²) < 4.78 is 35.0. The Morgan fingerprint density at radius 1 is 1.10 bits per heavy atom. The van der Waals surface area contributed by atoms with Crippen molar-refractivity contribution in [2.45, 2.75) is 39.0 Å². The molecule has 0 aliphatic carbocycles. The van der Waals surface area contributed by atoms with Crippen LogP contribution in [0.4, 0.5) is 0 Å². The van der Waals surface area contributed by atoms with Crippen LogP contribution >= 0.6 is 0 Å². The number of methoxy groups -OCH3 is 1. The molecule has 2 aromatic carbocycles. The number of sulfone groups is 1. The summed E-state index contributed by atoms with van der Waals surface area (Å²) in [6.07, 6.45) is -0.142. The third-order valence-corrected chi connectivity index (χ3v) is 7.39. The SMILES string of the molecule is COc1ccc(CN(CC(O)COc2ccc(C)c(C)c2)C2CCS(=O)(=O)C2)cc1. The fraction of sp³-hybridized carbons (Fsp3) is 0.478. The highest BCUT2D eigenvalue weighted by Crippen LogP contribution is 2.22. The molecule has 1 N–H and O–H groups in total. The molecule has 2 unspecified atom stereocenters. The molecule has 0 amide bonds. The highest BCUT2D eigenvalue weighted by atomic mass is 32.2. The van der Waals surface area contributed by atoms with E-state index in [1.807, 2.05) is 56.3 Å². The predicted octanol–water partition coefficient (Wildman–Crippen LogP) is 2.74. The molecule has 6 nitrogen and oxygen atoms in total. The molecular formula is C23H31NO5S. The highest BCUT2D eigenvalue weighted by Gasteiger charge is 2.33. The Balaban J connectivity index is 1.65. The number of rotatable bonds is 9. The van der Waals surface area contributed by atoms with Crippen LogP contribution in [0.5, 0.6) is 11.5 Å². The Morgan fingerprint density at radius 3 is 2.40 bits per heavy atom. The Kier molecular flexibility index (Phi) is 7.39. The van der Waals surface area contributed by atoms with E-state index in [9.17, 15) is 13.5 Å². The molecule has 2 aromatic rings. The molecule has 30 heavy (non-hydrogen) atoms. The van der Waals surface area contributed by atoms with Crippen molar-refractivity contribution in [1.29, 1.82) is 0 Å². The molecule has 2 atom stereocenters. The predicted molar refractivity (Wildman–Crippen MR) is 118 cm³/mol. The Morgan fingerprint density at radius 2 is 1.80 bits per heavy atom. The molecular weight excluding hydrogens is 402 g/mol. The van der Waals surface area contributed by atoms with Crippen LogP contribution in [0.1, 0.15) is 23.1 Å². The second-order valence-corrected chi connectivity index (χ2v) is 10.3. The first-order valence-corrected chi connectivity index (χ1v) is 12.0. The number of nitrogens with zero attached hydrogens (tertiary/aromatic N) is 1. The molecule has 164 valence electrons. The zero-order chi connectivity index (χ0) is 21.7. The number of hydrogen-bond donors (Lipinski definition) is 1. The average Bonchev–Trinajstić information content (AvgIpc) is 3.08. The molecule has 1 aliphatic heterocycles. The first-order valence-electron chi connectivity index (χ1n) is 10.2. The smallest absolute Gasteiger partial charge is 0.151 e. The normalized spacial score (nSPS) is 19.0. The van der Waals surface area contributed by atoms with Crippen molar-refractivity contribution in [3.8, 4) is 11.5 Å². The minimum atomic E-state index is -3.02. The standard InChI is InChI=1S/C23H31NO5S/c1-17-4-7-23(12-18(17)2)29-15-21(25)14-24(20-10-11-30(26,27)16-20)13-19-5-8-22(28-3)9-6-19/h4-9,12,20-21,25H,10-11,13-16H2,1-3H3. The number of ether oxygens (including phenoxy) is 2. The minimum Gasteiger partial charge on any atom is -0.497 e. The molecule has 0 spiro atoms. The van der Waals surface area contributed by atoms with Gasteiger partial charge in [0, 0.05) is 19.1 Å². The van der Waals surface area contributed by atoms with Gasteiger partial charge in [-0.05, 0) is 61.2 Å². The summed E-state index contributed by atoms with van der Waals surface area (Å²) in [6, 6.07) is 13.5. The van der Waals surface area contributed by atoms with E-state index in [4.69, 9.17) is 9.47 Å². The lowest BCUT2D eigenvalue weighted by Gasteiger charge is -2.30. The Labute approximate surface area is 179 Å². The maximum atomic E-state index is 12.0. The quantitative estimate of drug-likeness (QED) is 0.655. The maximum absolute atomic E-state index is 12.0. The number of benzene rings is 2. The van der Waals surface area contributed by atoms with Gasteiger partial charge in [-0.2, -0.15) is 0 Å². The fourth-order valence-corrected chi connectivity index (χ4v) is 5.45. The second kappa shape index (κ2) is 9.81. The molecule has 0 saturated carbocycles. The second-order valence-electron chi connectivity index (χ2n) is 8.05. The Bertz CT molecular complexity index is 943. The van der Waals surface area contributed by atoms with Gasteiger partial charge in [-0.15, -0.1) is 0 Å². The molecule has 1 saturated heterocycles. The van der Waals surface area contributed by atoms with E-state index in [0.717, 1.165) is 22.6 Å². The summed E-state index contributed by atoms with van der Waals surface area (Å²) in [5, 5.41) is 10.6. The largest absolute Gasteiger partial charge is 0.497 e. The van der Waals surface area contributed by atoms with Crippen LogP contribution in [0.2, 0.25) is 0 Å². The van der Waals surface area contributed by atoms with Crippen molar-refractivity contribution in [2.24, 2.45) is 0 Å². The summed E-state index contributed by atoms with van der Waals surface area (Å²) in [6.45, 7) is 5.12. The van der Waals surface area contributed by atoms with Crippen LogP contribution in [0.25, 0.3) is 0 Å². The number of aliphatic hydroxyl groups excluding tert-OH is 1. The molecule has 0 aromatic heterocycles. The third-order valence-electron chi connectivity index (χ3n) is 5.64. The third kappa shape index (κ3) is 6.20. The van der Waals surface area contributed by atoms with Gasteiger partial charge in [-0.3, -0.25) is 4.90 Å². The summed E-state index contributed by atoms with van der Waals surface area (Å²) in [5.41, 5.74) is 3.37. The fourth-order valence-electron chi connectivity index (χ4n) is 3.69. The van der Waals surface area contributed by atoms with E-state index in [1.165, 1.54) is 5.56 Å². The topological polar surface area (TPSA) is 76.1 Å². The average molecular weight is 434 g/mol. The van der Waals surface area contributed by atoms with E-state index in [-0.39, 0.29) is 24.2 Å². The van der Waals surface area contributed by atoms with Crippen LogP contribution in [0, 0.1) is 13.8 Å². The molecule has 0 radical (unpaired) electrons. The van der Waals surface area contributed by atoms with Crippen molar-refractivity contribution in [3.63, 3.8) is 0 Å². The van der Waals surface area contributed by atoms with Crippen LogP contribution in [-0.2, 0) is 16.4 Å². The van der Waals surface area contributed by atoms with Gasteiger partial charge >= 0.3 is 0 Å². The van der Waals surface area contributed by atoms with Gasteiger partial charge in [0.15, 0.2) is 9.84 Å². The molecule has 1 heterocycles.